The highest BCUT2D eigenvalue weighted by Crippen LogP contribution is 2.43. The maximum Gasteiger partial charge on any atom is 0.166 e. The Bertz CT molecular complexity index is 3810. The van der Waals surface area contributed by atoms with Crippen LogP contribution in [0.3, 0.4) is 0 Å². The number of aromatic nitrogens is 4. The summed E-state index contributed by atoms with van der Waals surface area (Å²) in [5.74, 6) is -0.0710. The third-order valence-electron chi connectivity index (χ3n) is 8.22. The van der Waals surface area contributed by atoms with Crippen LogP contribution < -0.4 is 0 Å². The molecule has 7 aromatic carbocycles. The van der Waals surface area contributed by atoms with Crippen molar-refractivity contribution in [1.29, 1.82) is 0 Å². The van der Waals surface area contributed by atoms with Crippen molar-refractivity contribution >= 4 is 43.7 Å². The van der Waals surface area contributed by atoms with Crippen LogP contribution in [0.4, 0.5) is 0 Å². The monoisotopic (exact) mass is 658 g/mol. The van der Waals surface area contributed by atoms with Crippen LogP contribution in [0.5, 0.6) is 0 Å². The van der Waals surface area contributed by atoms with E-state index in [1.807, 2.05) is 0 Å². The summed E-state index contributed by atoms with van der Waals surface area (Å²) < 4.78 is 169. The van der Waals surface area contributed by atoms with Gasteiger partial charge in [0.15, 0.2) is 23.1 Å². The van der Waals surface area contributed by atoms with Gasteiger partial charge >= 0.3 is 0 Å². The van der Waals surface area contributed by atoms with E-state index in [2.05, 4.69) is 0 Å². The normalized spacial score (nSPS) is 16.6. The first-order valence-electron chi connectivity index (χ1n) is 24.2. The number of fused-ring (bicyclic) bond motifs is 6. The van der Waals surface area contributed by atoms with Gasteiger partial charge in [-0.05, 0) is 35.3 Å². The number of benzene rings is 7. The quantitative estimate of drug-likeness (QED) is 0.185. The van der Waals surface area contributed by atoms with Crippen LogP contribution in [0.25, 0.3) is 94.7 Å². The lowest BCUT2D eigenvalue weighted by atomic mass is 9.99. The van der Waals surface area contributed by atoms with E-state index in [4.69, 9.17) is 34.4 Å². The van der Waals surface area contributed by atoms with E-state index in [1.54, 1.807) is 60.7 Å². The molecule has 5 heteroatoms. The van der Waals surface area contributed by atoms with Crippen molar-refractivity contribution in [2.45, 2.75) is 0 Å². The number of hydrogen-bond donors (Lipinski definition) is 0. The van der Waals surface area contributed by atoms with Gasteiger partial charge < -0.3 is 8.98 Å². The first kappa shape index (κ1) is 15.6. The summed E-state index contributed by atoms with van der Waals surface area (Å²) in [6.07, 6.45) is 0. The Kier molecular flexibility index (Phi) is 3.55. The molecular weight excluding hydrogens is 613 g/mol. The molecule has 0 saturated heterocycles. The van der Waals surface area contributed by atoms with Gasteiger partial charge in [0, 0.05) is 38.2 Å². The smallest absolute Gasteiger partial charge is 0.166 e. The van der Waals surface area contributed by atoms with Crippen molar-refractivity contribution in [2.75, 3.05) is 0 Å². The van der Waals surface area contributed by atoms with E-state index >= 15 is 0 Å². The predicted octanol–water partition coefficient (Wildman–Crippen LogP) is 11.5. The third-order valence-corrected chi connectivity index (χ3v) is 8.22. The average Bonchev–Trinajstić information content (AvgIpc) is 3.91. The lowest BCUT2D eigenvalue weighted by Gasteiger charge is -2.13. The molecule has 0 bridgehead atoms. The van der Waals surface area contributed by atoms with Crippen LogP contribution >= 0.6 is 0 Å². The Hall–Kier alpha value is -6.85. The Morgan fingerprint density at radius 2 is 1.08 bits per heavy atom. The molecule has 0 atom stereocenters. The molecule has 50 heavy (non-hydrogen) atoms. The van der Waals surface area contributed by atoms with Gasteiger partial charge in [-0.2, -0.15) is 0 Å². The molecular formula is C45H28N4O. The summed E-state index contributed by atoms with van der Waals surface area (Å²) in [6.45, 7) is 0. The lowest BCUT2D eigenvalue weighted by Crippen LogP contribution is -2.02. The number of para-hydroxylation sites is 3. The molecule has 0 spiro atoms. The summed E-state index contributed by atoms with van der Waals surface area (Å²) in [4.78, 5) is 14.3. The Morgan fingerprint density at radius 3 is 1.84 bits per heavy atom. The number of nitrogens with zero attached hydrogens (tertiary/aromatic N) is 4. The Balaban J connectivity index is 1.48. The van der Waals surface area contributed by atoms with E-state index in [1.165, 1.54) is 0 Å². The van der Waals surface area contributed by atoms with E-state index in [0.29, 0.717) is 11.1 Å². The zero-order valence-electron chi connectivity index (χ0n) is 43.5. The van der Waals surface area contributed by atoms with Crippen LogP contribution in [0, 0.1) is 0 Å². The van der Waals surface area contributed by atoms with Crippen molar-refractivity contribution in [3.05, 3.63) is 169 Å². The molecule has 5 nitrogen and oxygen atoms in total. The maximum absolute atomic E-state index is 9.56. The average molecular weight is 659 g/mol. The lowest BCUT2D eigenvalue weighted by molar-refractivity contribution is 0.666. The summed E-state index contributed by atoms with van der Waals surface area (Å²) in [6, 6.07) is 3.73. The highest BCUT2D eigenvalue weighted by molar-refractivity contribution is 6.17. The molecule has 0 radical (unpaired) electrons. The fourth-order valence-electron chi connectivity index (χ4n) is 6.06. The van der Waals surface area contributed by atoms with Crippen LogP contribution in [0.15, 0.2) is 174 Å². The molecule has 0 amide bonds. The molecule has 3 aromatic heterocycles. The molecule has 0 unspecified atom stereocenters. The van der Waals surface area contributed by atoms with Crippen LogP contribution in [0.2, 0.25) is 0 Å². The van der Waals surface area contributed by atoms with E-state index < -0.39 is 153 Å². The van der Waals surface area contributed by atoms with Crippen molar-refractivity contribution in [3.63, 3.8) is 0 Å². The summed E-state index contributed by atoms with van der Waals surface area (Å²) in [5.41, 5.74) is -2.83. The van der Waals surface area contributed by atoms with Gasteiger partial charge in [-0.1, -0.05) is 145 Å². The highest BCUT2D eigenvalue weighted by atomic mass is 16.3. The topological polar surface area (TPSA) is 56.7 Å². The minimum absolute atomic E-state index is 0.101. The molecule has 234 valence electrons. The first-order valence-corrected chi connectivity index (χ1v) is 15.2. The van der Waals surface area contributed by atoms with E-state index in [0.717, 1.165) is 4.57 Å². The van der Waals surface area contributed by atoms with E-state index in [9.17, 15) is 9.60 Å². The minimum atomic E-state index is -0.847. The standard InChI is InChI=1S/C45H28N4O/c1-4-15-29(16-5-1)32-22-14-28-39-40(32)35-24-13-27-38(42(35)50-39)49-37-26-11-10-21-33(37)34-23-12-25-36(41(34)49)45-47-43(30-17-6-2-7-18-30)46-44(48-45)31-19-8-3-9-20-31/h1-28H/i1D,4D,5D,10D,11D,12D,13D,14D,15D,16D,21D,22D,23D,24D,25D,26D,27D,28D. The SMILES string of the molecule is [2H]c1c([2H])c([2H])c(-c2c([2H])c([2H])c([2H])c3oc4c(-n5c6c([2H])c([2H])c([2H])c([2H])c6c6c([2H])c([2H])c([2H])c(-c7nc(-c8ccccc8)nc(-c8ccccc8)n7)c65)c([2H])c([2H])c([2H])c4c23)c([2H])c1[2H]. The van der Waals surface area contributed by atoms with Gasteiger partial charge in [0.05, 0.1) is 41.4 Å². The zero-order valence-corrected chi connectivity index (χ0v) is 25.5. The fourth-order valence-corrected chi connectivity index (χ4v) is 6.06. The molecule has 10 rings (SSSR count). The molecule has 0 aliphatic carbocycles. The Morgan fingerprint density at radius 1 is 0.480 bits per heavy atom. The summed E-state index contributed by atoms with van der Waals surface area (Å²) >= 11 is 0. The van der Waals surface area contributed by atoms with Crippen molar-refractivity contribution in [1.82, 2.24) is 19.5 Å². The highest BCUT2D eigenvalue weighted by Gasteiger charge is 2.23. The maximum atomic E-state index is 9.56. The molecule has 0 aliphatic rings. The Labute approximate surface area is 313 Å². The second-order valence-corrected chi connectivity index (χ2v) is 11.1. The molecule has 0 fully saturated rings. The molecule has 0 N–H and O–H groups in total. The number of hydrogen-bond acceptors (Lipinski definition) is 4. The molecule has 0 saturated carbocycles. The largest absolute Gasteiger partial charge is 0.454 e. The summed E-state index contributed by atoms with van der Waals surface area (Å²) in [5, 5.41) is -1.51. The molecule has 3 heterocycles. The predicted molar refractivity (Wildman–Crippen MR) is 203 cm³/mol. The van der Waals surface area contributed by atoms with Crippen molar-refractivity contribution in [2.24, 2.45) is 0 Å². The van der Waals surface area contributed by atoms with Gasteiger partial charge in [0.1, 0.15) is 5.58 Å². The van der Waals surface area contributed by atoms with Gasteiger partial charge in [0.2, 0.25) is 0 Å². The third kappa shape index (κ3) is 4.45. The van der Waals surface area contributed by atoms with Crippen molar-refractivity contribution in [3.8, 4) is 51.0 Å². The first-order chi connectivity index (χ1) is 32.3. The van der Waals surface area contributed by atoms with Gasteiger partial charge in [0.25, 0.3) is 0 Å². The minimum Gasteiger partial charge on any atom is -0.454 e. The number of furan rings is 1. The van der Waals surface area contributed by atoms with Gasteiger partial charge in [-0.25, -0.2) is 15.0 Å². The van der Waals surface area contributed by atoms with Gasteiger partial charge in [-0.3, -0.25) is 0 Å². The van der Waals surface area contributed by atoms with Crippen LogP contribution in [-0.2, 0) is 0 Å². The second kappa shape index (κ2) is 11.4. The summed E-state index contributed by atoms with van der Waals surface area (Å²) in [7, 11) is 0. The van der Waals surface area contributed by atoms with Crippen molar-refractivity contribution < 1.29 is 29.1 Å². The molecule has 10 aromatic rings. The second-order valence-electron chi connectivity index (χ2n) is 11.1. The fraction of sp³-hybridized carbons (Fsp3) is 0. The number of rotatable bonds is 5. The van der Waals surface area contributed by atoms with E-state index in [-0.39, 0.29) is 39.3 Å². The molecule has 0 aliphatic heterocycles. The van der Waals surface area contributed by atoms with Crippen LogP contribution in [-0.4, -0.2) is 19.5 Å². The zero-order chi connectivity index (χ0) is 48.7. The van der Waals surface area contributed by atoms with Gasteiger partial charge in [-0.15, -0.1) is 0 Å². The van der Waals surface area contributed by atoms with Crippen LogP contribution in [0.1, 0.15) is 24.7 Å².